The smallest absolute Gasteiger partial charge is 0.129 e. The van der Waals surface area contributed by atoms with E-state index in [0.29, 0.717) is 12.5 Å². The number of carbonyl (C=O) groups excluding carboxylic acids is 1. The van der Waals surface area contributed by atoms with E-state index in [1.807, 2.05) is 16.9 Å². The molecular weight excluding hydrogens is 188 g/mol. The van der Waals surface area contributed by atoms with E-state index in [1.165, 1.54) is 0 Å². The molecule has 0 amide bonds. The Morgan fingerprint density at radius 3 is 2.93 bits per heavy atom. The maximum atomic E-state index is 10.8. The van der Waals surface area contributed by atoms with Crippen LogP contribution < -0.4 is 0 Å². The summed E-state index contributed by atoms with van der Waals surface area (Å²) in [5, 5.41) is 4.48. The zero-order chi connectivity index (χ0) is 11.3. The second kappa shape index (κ2) is 5.69. The molecule has 3 heteroatoms. The van der Waals surface area contributed by atoms with Crippen LogP contribution in [0.4, 0.5) is 0 Å². The molecule has 0 saturated heterocycles. The second-order valence-electron chi connectivity index (χ2n) is 4.10. The number of ketones is 1. The molecule has 1 aromatic rings. The van der Waals surface area contributed by atoms with Crippen LogP contribution in [0.2, 0.25) is 0 Å². The van der Waals surface area contributed by atoms with Crippen LogP contribution in [0.3, 0.4) is 0 Å². The summed E-state index contributed by atoms with van der Waals surface area (Å²) in [4.78, 5) is 10.8. The van der Waals surface area contributed by atoms with Crippen LogP contribution >= 0.6 is 0 Å². The average Bonchev–Trinajstić information content (AvgIpc) is 2.65. The van der Waals surface area contributed by atoms with E-state index in [4.69, 9.17) is 0 Å². The van der Waals surface area contributed by atoms with Crippen molar-refractivity contribution in [3.05, 3.63) is 18.0 Å². The maximum Gasteiger partial charge on any atom is 0.129 e. The topological polar surface area (TPSA) is 34.9 Å². The highest BCUT2D eigenvalue weighted by atomic mass is 16.1. The quantitative estimate of drug-likeness (QED) is 0.720. The first-order chi connectivity index (χ1) is 7.13. The predicted molar refractivity (Wildman–Crippen MR) is 60.8 cm³/mol. The first kappa shape index (κ1) is 12.0. The minimum Gasteiger partial charge on any atom is -0.300 e. The van der Waals surface area contributed by atoms with Crippen molar-refractivity contribution in [3.8, 4) is 0 Å². The fourth-order valence-corrected chi connectivity index (χ4v) is 1.46. The first-order valence-electron chi connectivity index (χ1n) is 5.67. The Morgan fingerprint density at radius 1 is 1.60 bits per heavy atom. The largest absolute Gasteiger partial charge is 0.300 e. The molecule has 0 aromatic carbocycles. The summed E-state index contributed by atoms with van der Waals surface area (Å²) in [6.07, 6.45) is 5.60. The Balaban J connectivity index is 2.42. The van der Waals surface area contributed by atoms with Gasteiger partial charge in [-0.2, -0.15) is 5.10 Å². The minimum absolute atomic E-state index is 0.261. The molecule has 3 nitrogen and oxygen atoms in total. The van der Waals surface area contributed by atoms with Gasteiger partial charge in [0.2, 0.25) is 0 Å². The summed E-state index contributed by atoms with van der Waals surface area (Å²) in [6, 6.07) is 2.51. The summed E-state index contributed by atoms with van der Waals surface area (Å²) in [5.41, 5.74) is 1.09. The Hall–Kier alpha value is -1.12. The van der Waals surface area contributed by atoms with Crippen LogP contribution in [0.25, 0.3) is 0 Å². The lowest BCUT2D eigenvalue weighted by molar-refractivity contribution is -0.117. The van der Waals surface area contributed by atoms with Crippen LogP contribution in [0.1, 0.15) is 51.8 Å². The molecule has 1 unspecified atom stereocenters. The third-order valence-corrected chi connectivity index (χ3v) is 2.67. The van der Waals surface area contributed by atoms with Crippen molar-refractivity contribution in [3.63, 3.8) is 0 Å². The van der Waals surface area contributed by atoms with Gasteiger partial charge in [-0.3, -0.25) is 4.68 Å². The molecule has 0 radical (unpaired) electrons. The molecule has 1 aromatic heterocycles. The molecule has 1 atom stereocenters. The van der Waals surface area contributed by atoms with Gasteiger partial charge in [-0.25, -0.2) is 0 Å². The maximum absolute atomic E-state index is 10.8. The van der Waals surface area contributed by atoms with Gasteiger partial charge in [0.05, 0.1) is 5.69 Å². The monoisotopic (exact) mass is 208 g/mol. The van der Waals surface area contributed by atoms with Gasteiger partial charge in [0.25, 0.3) is 0 Å². The van der Waals surface area contributed by atoms with Crippen LogP contribution in [0, 0.1) is 0 Å². The van der Waals surface area contributed by atoms with E-state index in [2.05, 4.69) is 18.9 Å². The first-order valence-corrected chi connectivity index (χ1v) is 5.67. The minimum atomic E-state index is 0.261. The molecule has 0 N–H and O–H groups in total. The summed E-state index contributed by atoms with van der Waals surface area (Å²) >= 11 is 0. The number of aromatic nitrogens is 2. The summed E-state index contributed by atoms with van der Waals surface area (Å²) < 4.78 is 2.00. The lowest BCUT2D eigenvalue weighted by Crippen LogP contribution is -2.04. The van der Waals surface area contributed by atoms with Crippen molar-refractivity contribution in [2.24, 2.45) is 0 Å². The fraction of sp³-hybridized carbons (Fsp3) is 0.667. The third-order valence-electron chi connectivity index (χ3n) is 2.67. The predicted octanol–water partition coefficient (Wildman–Crippen LogP) is 2.77. The van der Waals surface area contributed by atoms with Crippen LogP contribution in [0.5, 0.6) is 0 Å². The van der Waals surface area contributed by atoms with Crippen LogP contribution in [-0.4, -0.2) is 15.6 Å². The van der Waals surface area contributed by atoms with Gasteiger partial charge in [-0.1, -0.05) is 6.92 Å². The number of Topliss-reactive ketones (excluding diaryl/α,β-unsaturated/α-hetero) is 1. The van der Waals surface area contributed by atoms with Gasteiger partial charge in [0, 0.05) is 18.7 Å². The van der Waals surface area contributed by atoms with Crippen molar-refractivity contribution in [2.75, 3.05) is 0 Å². The van der Waals surface area contributed by atoms with Gasteiger partial charge in [-0.15, -0.1) is 0 Å². The SMILES string of the molecule is CCC(C)n1ccc(CCCC(C)=O)n1. The van der Waals surface area contributed by atoms with Crippen molar-refractivity contribution in [1.29, 1.82) is 0 Å². The summed E-state index contributed by atoms with van der Waals surface area (Å²) in [7, 11) is 0. The van der Waals surface area contributed by atoms with Crippen molar-refractivity contribution < 1.29 is 4.79 Å². The Bertz CT molecular complexity index is 317. The number of hydrogen-bond acceptors (Lipinski definition) is 2. The number of aryl methyl sites for hydroxylation is 1. The number of hydrogen-bond donors (Lipinski definition) is 0. The zero-order valence-electron chi connectivity index (χ0n) is 9.86. The lowest BCUT2D eigenvalue weighted by Gasteiger charge is -2.07. The van der Waals surface area contributed by atoms with E-state index < -0.39 is 0 Å². The Morgan fingerprint density at radius 2 is 2.33 bits per heavy atom. The van der Waals surface area contributed by atoms with Crippen molar-refractivity contribution in [1.82, 2.24) is 9.78 Å². The highest BCUT2D eigenvalue weighted by Crippen LogP contribution is 2.10. The van der Waals surface area contributed by atoms with Crippen LogP contribution in [0.15, 0.2) is 12.3 Å². The van der Waals surface area contributed by atoms with E-state index in [-0.39, 0.29) is 5.78 Å². The number of carbonyl (C=O) groups is 1. The molecule has 0 spiro atoms. The lowest BCUT2D eigenvalue weighted by atomic mass is 10.1. The second-order valence-corrected chi connectivity index (χ2v) is 4.10. The molecule has 0 saturated carbocycles. The van der Waals surface area contributed by atoms with Crippen molar-refractivity contribution in [2.45, 2.75) is 52.5 Å². The normalized spacial score (nSPS) is 12.7. The van der Waals surface area contributed by atoms with E-state index in [1.54, 1.807) is 6.92 Å². The highest BCUT2D eigenvalue weighted by molar-refractivity contribution is 5.75. The van der Waals surface area contributed by atoms with Gasteiger partial charge in [0.1, 0.15) is 5.78 Å². The average molecular weight is 208 g/mol. The van der Waals surface area contributed by atoms with Crippen LogP contribution in [-0.2, 0) is 11.2 Å². The molecule has 1 heterocycles. The van der Waals surface area contributed by atoms with Gasteiger partial charge >= 0.3 is 0 Å². The molecule has 0 aliphatic carbocycles. The van der Waals surface area contributed by atoms with E-state index in [0.717, 1.165) is 25.0 Å². The molecular formula is C12H20N2O. The molecule has 0 bridgehead atoms. The molecule has 0 aliphatic heterocycles. The molecule has 15 heavy (non-hydrogen) atoms. The molecule has 84 valence electrons. The fourth-order valence-electron chi connectivity index (χ4n) is 1.46. The molecule has 0 fully saturated rings. The van der Waals surface area contributed by atoms with Gasteiger partial charge in [-0.05, 0) is 39.2 Å². The van der Waals surface area contributed by atoms with Gasteiger partial charge in [0.15, 0.2) is 0 Å². The summed E-state index contributed by atoms with van der Waals surface area (Å²) in [5.74, 6) is 0.261. The Labute approximate surface area is 91.5 Å². The Kier molecular flexibility index (Phi) is 4.53. The number of rotatable bonds is 6. The standard InChI is InChI=1S/C12H20N2O/c1-4-10(2)14-9-8-12(13-14)7-5-6-11(3)15/h8-10H,4-7H2,1-3H3. The third kappa shape index (κ3) is 3.86. The van der Waals surface area contributed by atoms with E-state index >= 15 is 0 Å². The number of nitrogens with zero attached hydrogens (tertiary/aromatic N) is 2. The highest BCUT2D eigenvalue weighted by Gasteiger charge is 2.04. The van der Waals surface area contributed by atoms with Gasteiger partial charge < -0.3 is 4.79 Å². The van der Waals surface area contributed by atoms with Crippen molar-refractivity contribution >= 4 is 5.78 Å². The van der Waals surface area contributed by atoms with E-state index in [9.17, 15) is 4.79 Å². The molecule has 0 aliphatic rings. The molecule has 1 rings (SSSR count). The zero-order valence-corrected chi connectivity index (χ0v) is 9.86. The summed E-state index contributed by atoms with van der Waals surface area (Å²) in [6.45, 7) is 5.95.